The summed E-state index contributed by atoms with van der Waals surface area (Å²) < 4.78 is 0. The topological polar surface area (TPSA) is 44.9 Å². The number of H-pyrrole nitrogens is 1. The molecule has 0 atom stereocenters. The number of aryl methyl sites for hydroxylation is 1. The number of aromatic amines is 1. The lowest BCUT2D eigenvalue weighted by Gasteiger charge is -2.06. The van der Waals surface area contributed by atoms with Crippen LogP contribution in [0.2, 0.25) is 0 Å². The van der Waals surface area contributed by atoms with E-state index < -0.39 is 0 Å². The molecule has 2 rings (SSSR count). The molecule has 0 aliphatic heterocycles. The van der Waals surface area contributed by atoms with Gasteiger partial charge in [-0.15, -0.1) is 0 Å². The SMILES string of the molecule is Cc1ccc2[nH]cc(C(=O)CNC(C)C)c2c1. The second-order valence-electron chi connectivity index (χ2n) is 4.71. The highest BCUT2D eigenvalue weighted by atomic mass is 16.1. The van der Waals surface area contributed by atoms with E-state index in [4.69, 9.17) is 0 Å². The van der Waals surface area contributed by atoms with Crippen molar-refractivity contribution in [2.45, 2.75) is 26.8 Å². The fraction of sp³-hybridized carbons (Fsp3) is 0.357. The molecule has 3 heteroatoms. The van der Waals surface area contributed by atoms with E-state index in [1.54, 1.807) is 6.20 Å². The number of benzene rings is 1. The zero-order valence-electron chi connectivity index (χ0n) is 10.5. The molecule has 1 aromatic carbocycles. The lowest BCUT2D eigenvalue weighted by molar-refractivity contribution is 0.0990. The number of carbonyl (C=O) groups excluding carboxylic acids is 1. The van der Waals surface area contributed by atoms with Crippen LogP contribution in [0.4, 0.5) is 0 Å². The van der Waals surface area contributed by atoms with E-state index in [2.05, 4.69) is 16.4 Å². The van der Waals surface area contributed by atoms with Gasteiger partial charge in [0.15, 0.2) is 5.78 Å². The maximum absolute atomic E-state index is 12.1. The maximum Gasteiger partial charge on any atom is 0.178 e. The Hall–Kier alpha value is -1.61. The molecule has 2 aromatic rings. The van der Waals surface area contributed by atoms with Crippen LogP contribution in [-0.4, -0.2) is 23.4 Å². The zero-order chi connectivity index (χ0) is 12.4. The predicted octanol–water partition coefficient (Wildman–Crippen LogP) is 2.66. The number of nitrogens with one attached hydrogen (secondary N) is 2. The third-order valence-corrected chi connectivity index (χ3v) is 2.81. The maximum atomic E-state index is 12.1. The Bertz CT molecular complexity index is 540. The summed E-state index contributed by atoms with van der Waals surface area (Å²) in [6.45, 7) is 6.49. The molecule has 0 aliphatic rings. The molecule has 0 spiro atoms. The Morgan fingerprint density at radius 1 is 1.41 bits per heavy atom. The lowest BCUT2D eigenvalue weighted by Crippen LogP contribution is -2.29. The standard InChI is InChI=1S/C14H18N2O/c1-9(2)15-8-14(17)12-7-16-13-5-4-10(3)6-11(12)13/h4-7,9,15-16H,8H2,1-3H3. The highest BCUT2D eigenvalue weighted by Crippen LogP contribution is 2.19. The third kappa shape index (κ3) is 2.56. The van der Waals surface area contributed by atoms with Gasteiger partial charge in [0.2, 0.25) is 0 Å². The van der Waals surface area contributed by atoms with Crippen LogP contribution in [0.25, 0.3) is 10.9 Å². The molecule has 3 nitrogen and oxygen atoms in total. The molecule has 0 saturated carbocycles. The minimum absolute atomic E-state index is 0.135. The van der Waals surface area contributed by atoms with Crippen LogP contribution < -0.4 is 5.32 Å². The molecule has 0 saturated heterocycles. The minimum atomic E-state index is 0.135. The van der Waals surface area contributed by atoms with Gasteiger partial charge in [-0.05, 0) is 19.1 Å². The van der Waals surface area contributed by atoms with Gasteiger partial charge in [-0.1, -0.05) is 25.5 Å². The van der Waals surface area contributed by atoms with Crippen LogP contribution >= 0.6 is 0 Å². The summed E-state index contributed by atoms with van der Waals surface area (Å²) in [5, 5.41) is 4.16. The van der Waals surface area contributed by atoms with Crippen LogP contribution in [-0.2, 0) is 0 Å². The number of aromatic nitrogens is 1. The van der Waals surface area contributed by atoms with Crippen molar-refractivity contribution in [2.75, 3.05) is 6.54 Å². The molecule has 0 aliphatic carbocycles. The Balaban J connectivity index is 2.29. The quantitative estimate of drug-likeness (QED) is 0.793. The fourth-order valence-corrected chi connectivity index (χ4v) is 1.86. The van der Waals surface area contributed by atoms with Gasteiger partial charge in [0, 0.05) is 28.7 Å². The van der Waals surface area contributed by atoms with Crippen molar-refractivity contribution in [3.8, 4) is 0 Å². The van der Waals surface area contributed by atoms with Gasteiger partial charge in [-0.3, -0.25) is 4.79 Å². The predicted molar refractivity (Wildman–Crippen MR) is 70.5 cm³/mol. The van der Waals surface area contributed by atoms with Gasteiger partial charge in [0.05, 0.1) is 6.54 Å². The van der Waals surface area contributed by atoms with Gasteiger partial charge < -0.3 is 10.3 Å². The summed E-state index contributed by atoms with van der Waals surface area (Å²) in [7, 11) is 0. The van der Waals surface area contributed by atoms with Crippen LogP contribution in [0.5, 0.6) is 0 Å². The molecule has 0 bridgehead atoms. The normalized spacial score (nSPS) is 11.3. The van der Waals surface area contributed by atoms with E-state index >= 15 is 0 Å². The molecule has 90 valence electrons. The van der Waals surface area contributed by atoms with Crippen molar-refractivity contribution < 1.29 is 4.79 Å². The van der Waals surface area contributed by atoms with E-state index in [0.29, 0.717) is 12.6 Å². The first-order valence-corrected chi connectivity index (χ1v) is 5.92. The average Bonchev–Trinajstić information content (AvgIpc) is 2.68. The van der Waals surface area contributed by atoms with E-state index in [1.807, 2.05) is 32.9 Å². The molecule has 0 unspecified atom stereocenters. The summed E-state index contributed by atoms with van der Waals surface area (Å²) >= 11 is 0. The smallest absolute Gasteiger partial charge is 0.178 e. The first kappa shape index (κ1) is 11.9. The second kappa shape index (κ2) is 4.72. The third-order valence-electron chi connectivity index (χ3n) is 2.81. The number of fused-ring (bicyclic) bond motifs is 1. The van der Waals surface area contributed by atoms with Crippen molar-refractivity contribution in [1.82, 2.24) is 10.3 Å². The first-order valence-electron chi connectivity index (χ1n) is 5.92. The van der Waals surface area contributed by atoms with Gasteiger partial charge in [0.1, 0.15) is 0 Å². The van der Waals surface area contributed by atoms with E-state index in [1.165, 1.54) is 5.56 Å². The minimum Gasteiger partial charge on any atom is -0.360 e. The molecule has 1 aromatic heterocycles. The Labute approximate surface area is 101 Å². The van der Waals surface area contributed by atoms with Gasteiger partial charge >= 0.3 is 0 Å². The van der Waals surface area contributed by atoms with Crippen molar-refractivity contribution >= 4 is 16.7 Å². The highest BCUT2D eigenvalue weighted by Gasteiger charge is 2.11. The Kier molecular flexibility index (Phi) is 3.29. The molecular weight excluding hydrogens is 212 g/mol. The summed E-state index contributed by atoms with van der Waals surface area (Å²) in [5.41, 5.74) is 2.96. The van der Waals surface area contributed by atoms with Gasteiger partial charge in [-0.25, -0.2) is 0 Å². The van der Waals surface area contributed by atoms with Crippen molar-refractivity contribution in [1.29, 1.82) is 0 Å². The van der Waals surface area contributed by atoms with Crippen molar-refractivity contribution in [3.05, 3.63) is 35.5 Å². The number of hydrogen-bond donors (Lipinski definition) is 2. The largest absolute Gasteiger partial charge is 0.360 e. The molecular formula is C14H18N2O. The van der Waals surface area contributed by atoms with Gasteiger partial charge in [0.25, 0.3) is 0 Å². The average molecular weight is 230 g/mol. The number of hydrogen-bond acceptors (Lipinski definition) is 2. The second-order valence-corrected chi connectivity index (χ2v) is 4.71. The van der Waals surface area contributed by atoms with Crippen LogP contribution in [0, 0.1) is 6.92 Å². The summed E-state index contributed by atoms with van der Waals surface area (Å²) in [5.74, 6) is 0.135. The van der Waals surface area contributed by atoms with E-state index in [-0.39, 0.29) is 5.78 Å². The number of carbonyl (C=O) groups is 1. The summed E-state index contributed by atoms with van der Waals surface area (Å²) in [6.07, 6.45) is 1.80. The van der Waals surface area contributed by atoms with Gasteiger partial charge in [-0.2, -0.15) is 0 Å². The van der Waals surface area contributed by atoms with Crippen LogP contribution in [0.15, 0.2) is 24.4 Å². The summed E-state index contributed by atoms with van der Waals surface area (Å²) in [6, 6.07) is 6.43. The van der Waals surface area contributed by atoms with E-state index in [9.17, 15) is 4.79 Å². The number of ketones is 1. The van der Waals surface area contributed by atoms with Crippen molar-refractivity contribution in [3.63, 3.8) is 0 Å². The highest BCUT2D eigenvalue weighted by molar-refractivity contribution is 6.08. The molecule has 1 heterocycles. The molecule has 17 heavy (non-hydrogen) atoms. The Morgan fingerprint density at radius 2 is 2.18 bits per heavy atom. The van der Waals surface area contributed by atoms with Crippen LogP contribution in [0.3, 0.4) is 0 Å². The molecule has 2 N–H and O–H groups in total. The number of rotatable bonds is 4. The fourth-order valence-electron chi connectivity index (χ4n) is 1.86. The van der Waals surface area contributed by atoms with E-state index in [0.717, 1.165) is 16.5 Å². The Morgan fingerprint density at radius 3 is 2.88 bits per heavy atom. The van der Waals surface area contributed by atoms with Crippen LogP contribution in [0.1, 0.15) is 29.8 Å². The monoisotopic (exact) mass is 230 g/mol. The zero-order valence-corrected chi connectivity index (χ0v) is 10.5. The molecule has 0 radical (unpaired) electrons. The van der Waals surface area contributed by atoms with Crippen molar-refractivity contribution in [2.24, 2.45) is 0 Å². The number of Topliss-reactive ketones (excluding diaryl/α,β-unsaturated/α-hetero) is 1. The molecule has 0 fully saturated rings. The summed E-state index contributed by atoms with van der Waals surface area (Å²) in [4.78, 5) is 15.2. The lowest BCUT2D eigenvalue weighted by atomic mass is 10.1. The molecule has 0 amide bonds. The first-order chi connectivity index (χ1) is 8.08.